The lowest BCUT2D eigenvalue weighted by Gasteiger charge is -2.25. The van der Waals surface area contributed by atoms with Crippen LogP contribution in [-0.2, 0) is 4.79 Å². The van der Waals surface area contributed by atoms with Gasteiger partial charge in [-0.05, 0) is 44.6 Å². The summed E-state index contributed by atoms with van der Waals surface area (Å²) in [7, 11) is 0. The Morgan fingerprint density at radius 3 is 2.57 bits per heavy atom. The number of anilines is 1. The van der Waals surface area contributed by atoms with Crippen molar-refractivity contribution in [3.05, 3.63) is 15.8 Å². The number of rotatable bonds is 3. The molecule has 1 saturated carbocycles. The van der Waals surface area contributed by atoms with Crippen molar-refractivity contribution in [2.75, 3.05) is 5.32 Å². The van der Waals surface area contributed by atoms with E-state index < -0.39 is 5.97 Å². The quantitative estimate of drug-likeness (QED) is 0.839. The number of hydrogen-bond acceptors (Lipinski definition) is 3. The van der Waals surface area contributed by atoms with Gasteiger partial charge in [0.2, 0.25) is 5.91 Å². The van der Waals surface area contributed by atoms with Crippen LogP contribution in [0.15, 0.2) is 6.07 Å². The molecule has 1 amide bonds. The van der Waals surface area contributed by atoms with Crippen LogP contribution in [0.25, 0.3) is 0 Å². The molecule has 1 aliphatic rings. The highest BCUT2D eigenvalue weighted by Crippen LogP contribution is 2.31. The Hall–Kier alpha value is -1.80. The summed E-state index contributed by atoms with van der Waals surface area (Å²) in [6.45, 7) is 3.90. The van der Waals surface area contributed by atoms with Crippen molar-refractivity contribution < 1.29 is 14.7 Å². The minimum atomic E-state index is -1.03. The molecule has 4 nitrogen and oxygen atoms in total. The van der Waals surface area contributed by atoms with Gasteiger partial charge in [0, 0.05) is 5.92 Å². The number of amides is 1. The van der Waals surface area contributed by atoms with Gasteiger partial charge in [0.25, 0.3) is 0 Å². The predicted molar refractivity (Wildman–Crippen MR) is 83.6 cm³/mol. The standard InChI is InChI=1S/C16H19NO3S/c1-3-4-12-9-13(14(21-12)16(19)20)17-15(18)11-7-5-10(2)6-8-11/h9-11H,5-8H2,1-2H3,(H,17,18)(H,19,20). The van der Waals surface area contributed by atoms with Gasteiger partial charge in [-0.15, -0.1) is 17.3 Å². The molecule has 2 N–H and O–H groups in total. The average Bonchev–Trinajstić information content (AvgIpc) is 2.83. The van der Waals surface area contributed by atoms with E-state index in [9.17, 15) is 14.7 Å². The van der Waals surface area contributed by atoms with E-state index in [1.165, 1.54) is 0 Å². The fraction of sp³-hybridized carbons (Fsp3) is 0.500. The largest absolute Gasteiger partial charge is 0.477 e. The molecule has 0 bridgehead atoms. The molecule has 21 heavy (non-hydrogen) atoms. The second-order valence-electron chi connectivity index (χ2n) is 5.48. The number of nitrogens with one attached hydrogen (secondary N) is 1. The molecular weight excluding hydrogens is 286 g/mol. The molecule has 0 unspecified atom stereocenters. The molecule has 1 aliphatic carbocycles. The van der Waals surface area contributed by atoms with E-state index in [2.05, 4.69) is 24.1 Å². The second-order valence-corrected chi connectivity index (χ2v) is 6.53. The van der Waals surface area contributed by atoms with Crippen LogP contribution < -0.4 is 5.32 Å². The number of thiophene rings is 1. The van der Waals surface area contributed by atoms with Gasteiger partial charge in [0.05, 0.1) is 10.6 Å². The van der Waals surface area contributed by atoms with Gasteiger partial charge in [0.1, 0.15) is 4.88 Å². The molecule has 0 saturated heterocycles. The summed E-state index contributed by atoms with van der Waals surface area (Å²) in [6.07, 6.45) is 3.86. The minimum absolute atomic E-state index is 0.0107. The lowest BCUT2D eigenvalue weighted by Crippen LogP contribution is -2.27. The first-order valence-corrected chi connectivity index (χ1v) is 7.93. The van der Waals surface area contributed by atoms with Gasteiger partial charge in [-0.1, -0.05) is 12.8 Å². The first-order valence-electron chi connectivity index (χ1n) is 7.12. The van der Waals surface area contributed by atoms with Gasteiger partial charge >= 0.3 is 5.97 Å². The molecule has 1 aromatic rings. The van der Waals surface area contributed by atoms with Crippen LogP contribution in [0.2, 0.25) is 0 Å². The molecular formula is C16H19NO3S. The van der Waals surface area contributed by atoms with Gasteiger partial charge in [-0.2, -0.15) is 0 Å². The fourth-order valence-corrected chi connectivity index (χ4v) is 3.44. The summed E-state index contributed by atoms with van der Waals surface area (Å²) in [6, 6.07) is 1.65. The molecule has 5 heteroatoms. The van der Waals surface area contributed by atoms with Crippen molar-refractivity contribution in [1.29, 1.82) is 0 Å². The molecule has 0 aliphatic heterocycles. The zero-order chi connectivity index (χ0) is 15.4. The molecule has 1 heterocycles. The predicted octanol–water partition coefficient (Wildman–Crippen LogP) is 3.58. The monoisotopic (exact) mass is 305 g/mol. The van der Waals surface area contributed by atoms with Gasteiger partial charge < -0.3 is 10.4 Å². The number of carboxylic acid groups (broad SMARTS) is 1. The summed E-state index contributed by atoms with van der Waals surface area (Å²) in [4.78, 5) is 24.3. The lowest BCUT2D eigenvalue weighted by molar-refractivity contribution is -0.121. The average molecular weight is 305 g/mol. The molecule has 0 radical (unpaired) electrons. The first-order chi connectivity index (χ1) is 10.0. The Balaban J connectivity index is 2.12. The highest BCUT2D eigenvalue weighted by atomic mass is 32.1. The third-order valence-corrected chi connectivity index (χ3v) is 4.86. The summed E-state index contributed by atoms with van der Waals surface area (Å²) >= 11 is 1.09. The van der Waals surface area contributed by atoms with Crippen LogP contribution in [0.3, 0.4) is 0 Å². The van der Waals surface area contributed by atoms with Crippen LogP contribution in [0.5, 0.6) is 0 Å². The van der Waals surface area contributed by atoms with E-state index in [-0.39, 0.29) is 16.7 Å². The molecule has 0 spiro atoms. The van der Waals surface area contributed by atoms with Crippen molar-refractivity contribution in [3.63, 3.8) is 0 Å². The Morgan fingerprint density at radius 1 is 1.33 bits per heavy atom. The maximum absolute atomic E-state index is 12.3. The van der Waals surface area contributed by atoms with E-state index in [0.717, 1.165) is 37.0 Å². The normalized spacial score (nSPS) is 21.2. The van der Waals surface area contributed by atoms with Gasteiger partial charge in [0.15, 0.2) is 0 Å². The topological polar surface area (TPSA) is 66.4 Å². The van der Waals surface area contributed by atoms with E-state index >= 15 is 0 Å². The van der Waals surface area contributed by atoms with Crippen LogP contribution >= 0.6 is 11.3 Å². The smallest absolute Gasteiger partial charge is 0.348 e. The molecule has 112 valence electrons. The van der Waals surface area contributed by atoms with Crippen LogP contribution in [0.1, 0.15) is 54.1 Å². The maximum Gasteiger partial charge on any atom is 0.348 e. The zero-order valence-electron chi connectivity index (χ0n) is 12.2. The molecule has 1 fully saturated rings. The molecule has 0 atom stereocenters. The minimum Gasteiger partial charge on any atom is -0.477 e. The molecule has 2 rings (SSSR count). The SMILES string of the molecule is CC#Cc1cc(NC(=O)C2CCC(C)CC2)c(C(=O)O)s1. The van der Waals surface area contributed by atoms with Gasteiger partial charge in [-0.25, -0.2) is 4.79 Å². The number of hydrogen-bond donors (Lipinski definition) is 2. The lowest BCUT2D eigenvalue weighted by atomic mass is 9.82. The van der Waals surface area contributed by atoms with Crippen molar-refractivity contribution in [3.8, 4) is 11.8 Å². The van der Waals surface area contributed by atoms with Crippen molar-refractivity contribution >= 4 is 28.9 Å². The Kier molecular flexibility index (Phi) is 5.03. The Labute approximate surface area is 128 Å². The number of aromatic carboxylic acids is 1. The Bertz CT molecular complexity index is 601. The van der Waals surface area contributed by atoms with E-state index in [0.29, 0.717) is 16.5 Å². The second kappa shape index (κ2) is 6.77. The first kappa shape index (κ1) is 15.6. The van der Waals surface area contributed by atoms with E-state index in [1.807, 2.05) is 0 Å². The fourth-order valence-electron chi connectivity index (χ4n) is 2.58. The summed E-state index contributed by atoms with van der Waals surface area (Å²) in [5.41, 5.74) is 0.369. The van der Waals surface area contributed by atoms with Crippen molar-refractivity contribution in [2.45, 2.75) is 39.5 Å². The summed E-state index contributed by atoms with van der Waals surface area (Å²) in [5, 5.41) is 12.0. The molecule has 0 aromatic carbocycles. The van der Waals surface area contributed by atoms with Crippen LogP contribution in [0.4, 0.5) is 5.69 Å². The highest BCUT2D eigenvalue weighted by Gasteiger charge is 2.26. The molecule has 1 aromatic heterocycles. The zero-order valence-corrected chi connectivity index (χ0v) is 13.0. The highest BCUT2D eigenvalue weighted by molar-refractivity contribution is 7.15. The third-order valence-electron chi connectivity index (χ3n) is 3.82. The number of carbonyl (C=O) groups excluding carboxylic acids is 1. The van der Waals surface area contributed by atoms with Gasteiger partial charge in [-0.3, -0.25) is 4.79 Å². The number of carbonyl (C=O) groups is 2. The van der Waals surface area contributed by atoms with E-state index in [4.69, 9.17) is 0 Å². The summed E-state index contributed by atoms with van der Waals surface area (Å²) in [5.74, 6) is 5.14. The number of carboxylic acids is 1. The van der Waals surface area contributed by atoms with E-state index in [1.54, 1.807) is 13.0 Å². The Morgan fingerprint density at radius 2 is 2.00 bits per heavy atom. The summed E-state index contributed by atoms with van der Waals surface area (Å²) < 4.78 is 0. The van der Waals surface area contributed by atoms with Crippen molar-refractivity contribution in [2.24, 2.45) is 11.8 Å². The van der Waals surface area contributed by atoms with Crippen LogP contribution in [0, 0.1) is 23.7 Å². The third kappa shape index (κ3) is 3.85. The van der Waals surface area contributed by atoms with Crippen molar-refractivity contribution in [1.82, 2.24) is 0 Å². The maximum atomic E-state index is 12.3. The van der Waals surface area contributed by atoms with Crippen LogP contribution in [-0.4, -0.2) is 17.0 Å².